The van der Waals surface area contributed by atoms with Gasteiger partial charge in [-0.3, -0.25) is 9.69 Å². The maximum Gasteiger partial charge on any atom is 0.416 e. The van der Waals surface area contributed by atoms with Gasteiger partial charge in [-0.25, -0.2) is 4.98 Å². The molecule has 0 saturated heterocycles. The van der Waals surface area contributed by atoms with Crippen molar-refractivity contribution in [3.63, 3.8) is 0 Å². The number of amides is 1. The van der Waals surface area contributed by atoms with Crippen LogP contribution in [0.25, 0.3) is 0 Å². The van der Waals surface area contributed by atoms with Crippen molar-refractivity contribution in [2.75, 3.05) is 33.8 Å². The zero-order chi connectivity index (χ0) is 26.1. The molecular formula is C26H31F3N4O3. The lowest BCUT2D eigenvalue weighted by Gasteiger charge is -2.22. The quantitative estimate of drug-likeness (QED) is 0.389. The van der Waals surface area contributed by atoms with Crippen molar-refractivity contribution in [1.29, 1.82) is 0 Å². The number of carbonyl (C=O) groups excluding carboxylic acids is 1. The van der Waals surface area contributed by atoms with Gasteiger partial charge in [0.2, 0.25) is 5.89 Å². The van der Waals surface area contributed by atoms with Gasteiger partial charge in [-0.1, -0.05) is 30.3 Å². The van der Waals surface area contributed by atoms with Gasteiger partial charge >= 0.3 is 6.18 Å². The smallest absolute Gasteiger partial charge is 0.416 e. The van der Waals surface area contributed by atoms with Crippen LogP contribution in [0.2, 0.25) is 0 Å². The highest BCUT2D eigenvalue weighted by molar-refractivity contribution is 5.91. The minimum Gasteiger partial charge on any atom is -0.494 e. The first kappa shape index (κ1) is 27.2. The first-order valence-electron chi connectivity index (χ1n) is 11.6. The molecule has 3 rings (SSSR count). The number of oxazole rings is 1. The summed E-state index contributed by atoms with van der Waals surface area (Å²) in [6, 6.07) is 12.8. The number of nitrogens with zero attached hydrogens (tertiary/aromatic N) is 3. The van der Waals surface area contributed by atoms with E-state index in [1.54, 1.807) is 6.07 Å². The Labute approximate surface area is 208 Å². The molecule has 0 unspecified atom stereocenters. The second kappa shape index (κ2) is 12.5. The topological polar surface area (TPSA) is 70.8 Å². The molecule has 2 aromatic carbocycles. The fourth-order valence-electron chi connectivity index (χ4n) is 3.55. The van der Waals surface area contributed by atoms with E-state index in [-0.39, 0.29) is 24.7 Å². The first-order valence-corrected chi connectivity index (χ1v) is 11.6. The summed E-state index contributed by atoms with van der Waals surface area (Å²) in [6.45, 7) is 4.46. The number of nitrogens with one attached hydrogen (secondary N) is 1. The van der Waals surface area contributed by atoms with Crippen molar-refractivity contribution in [2.45, 2.75) is 32.7 Å². The Morgan fingerprint density at radius 2 is 1.78 bits per heavy atom. The van der Waals surface area contributed by atoms with Crippen LogP contribution in [0.1, 0.15) is 40.0 Å². The molecule has 1 N–H and O–H groups in total. The number of aromatic nitrogens is 1. The lowest BCUT2D eigenvalue weighted by atomic mass is 10.1. The Morgan fingerprint density at radius 1 is 1.06 bits per heavy atom. The van der Waals surface area contributed by atoms with Gasteiger partial charge in [0.25, 0.3) is 5.91 Å². The molecule has 36 heavy (non-hydrogen) atoms. The molecule has 1 aromatic heterocycles. The van der Waals surface area contributed by atoms with Crippen LogP contribution in [0.4, 0.5) is 13.2 Å². The van der Waals surface area contributed by atoms with Gasteiger partial charge in [-0.05, 0) is 50.3 Å². The maximum atomic E-state index is 13.2. The van der Waals surface area contributed by atoms with Gasteiger partial charge in [0.05, 0.1) is 18.7 Å². The lowest BCUT2D eigenvalue weighted by molar-refractivity contribution is -0.137. The summed E-state index contributed by atoms with van der Waals surface area (Å²) in [5, 5.41) is 2.78. The highest BCUT2D eigenvalue weighted by atomic mass is 19.4. The molecule has 1 heterocycles. The molecule has 0 fully saturated rings. The largest absolute Gasteiger partial charge is 0.494 e. The van der Waals surface area contributed by atoms with E-state index in [0.717, 1.165) is 23.4 Å². The van der Waals surface area contributed by atoms with Crippen molar-refractivity contribution in [2.24, 2.45) is 0 Å². The fourth-order valence-corrected chi connectivity index (χ4v) is 3.55. The second-order valence-corrected chi connectivity index (χ2v) is 8.61. The van der Waals surface area contributed by atoms with Crippen LogP contribution in [0.3, 0.4) is 0 Å². The number of alkyl halides is 3. The molecule has 194 valence electrons. The van der Waals surface area contributed by atoms with Crippen LogP contribution in [-0.4, -0.2) is 54.5 Å². The number of hydrogen-bond donors (Lipinski definition) is 1. The number of halogens is 3. The molecule has 0 atom stereocenters. The zero-order valence-electron chi connectivity index (χ0n) is 20.6. The van der Waals surface area contributed by atoms with Gasteiger partial charge in [0.15, 0.2) is 5.69 Å². The molecule has 0 spiro atoms. The van der Waals surface area contributed by atoms with Crippen molar-refractivity contribution < 1.29 is 27.1 Å². The molecule has 0 saturated carbocycles. The average molecular weight is 505 g/mol. The minimum atomic E-state index is -4.42. The molecule has 0 bridgehead atoms. The average Bonchev–Trinajstić information content (AvgIpc) is 3.28. The maximum absolute atomic E-state index is 13.2. The van der Waals surface area contributed by atoms with E-state index in [4.69, 9.17) is 9.15 Å². The number of benzene rings is 2. The molecule has 7 nitrogen and oxygen atoms in total. The molecule has 0 radical (unpaired) electrons. The van der Waals surface area contributed by atoms with E-state index < -0.39 is 11.7 Å². The summed E-state index contributed by atoms with van der Waals surface area (Å²) in [5.74, 6) is 0.691. The van der Waals surface area contributed by atoms with Crippen molar-refractivity contribution in [3.05, 3.63) is 83.1 Å². The number of ether oxygens (including phenoxy) is 1. The van der Waals surface area contributed by atoms with Crippen LogP contribution in [-0.2, 0) is 25.8 Å². The van der Waals surface area contributed by atoms with Crippen molar-refractivity contribution in [3.8, 4) is 5.75 Å². The third kappa shape index (κ3) is 8.39. The van der Waals surface area contributed by atoms with Crippen LogP contribution in [0, 0.1) is 0 Å². The molecule has 10 heteroatoms. The van der Waals surface area contributed by atoms with E-state index in [0.29, 0.717) is 37.7 Å². The number of carbonyl (C=O) groups is 1. The zero-order valence-corrected chi connectivity index (χ0v) is 20.6. The summed E-state index contributed by atoms with van der Waals surface area (Å²) in [7, 11) is 3.81. The van der Waals surface area contributed by atoms with E-state index >= 15 is 0 Å². The van der Waals surface area contributed by atoms with Gasteiger partial charge in [0, 0.05) is 26.2 Å². The van der Waals surface area contributed by atoms with Gasteiger partial charge in [-0.2, -0.15) is 13.2 Å². The lowest BCUT2D eigenvalue weighted by Crippen LogP contribution is -2.31. The van der Waals surface area contributed by atoms with Gasteiger partial charge in [-0.15, -0.1) is 0 Å². The third-order valence-electron chi connectivity index (χ3n) is 5.29. The Balaban J connectivity index is 1.75. The van der Waals surface area contributed by atoms with Gasteiger partial charge < -0.3 is 19.4 Å². The molecule has 1 amide bonds. The highest BCUT2D eigenvalue weighted by Crippen LogP contribution is 2.30. The molecule has 0 aliphatic rings. The first-order chi connectivity index (χ1) is 17.1. The van der Waals surface area contributed by atoms with Gasteiger partial charge in [0.1, 0.15) is 12.0 Å². The Bertz CT molecular complexity index is 1110. The van der Waals surface area contributed by atoms with E-state index in [2.05, 4.69) is 10.3 Å². The summed E-state index contributed by atoms with van der Waals surface area (Å²) in [5.41, 5.74) is 0.903. The Kier molecular flexibility index (Phi) is 9.49. The monoisotopic (exact) mass is 504 g/mol. The fraction of sp³-hybridized carbons (Fsp3) is 0.385. The van der Waals surface area contributed by atoms with Crippen LogP contribution in [0.5, 0.6) is 5.75 Å². The predicted octanol–water partition coefficient (Wildman–Crippen LogP) is 4.59. The highest BCUT2D eigenvalue weighted by Gasteiger charge is 2.30. The number of hydrogen-bond acceptors (Lipinski definition) is 6. The normalized spacial score (nSPS) is 11.8. The Morgan fingerprint density at radius 3 is 2.44 bits per heavy atom. The molecule has 0 aliphatic carbocycles. The molecule has 3 aromatic rings. The number of rotatable bonds is 12. The van der Waals surface area contributed by atoms with E-state index in [1.165, 1.54) is 12.3 Å². The minimum absolute atomic E-state index is 0.156. The summed E-state index contributed by atoms with van der Waals surface area (Å²) >= 11 is 0. The van der Waals surface area contributed by atoms with Crippen molar-refractivity contribution >= 4 is 5.91 Å². The van der Waals surface area contributed by atoms with Crippen molar-refractivity contribution in [1.82, 2.24) is 20.1 Å². The summed E-state index contributed by atoms with van der Waals surface area (Å²) < 4.78 is 50.7. The van der Waals surface area contributed by atoms with E-state index in [9.17, 15) is 18.0 Å². The Hall–Kier alpha value is -3.37. The second-order valence-electron chi connectivity index (χ2n) is 8.61. The van der Waals surface area contributed by atoms with Crippen LogP contribution >= 0.6 is 0 Å². The predicted molar refractivity (Wildman–Crippen MR) is 129 cm³/mol. The van der Waals surface area contributed by atoms with E-state index in [1.807, 2.05) is 55.1 Å². The standard InChI is InChI=1S/C26H31F3N4O3/c1-4-35-22-10-8-19(9-11-22)15-33(16-20-6-5-7-21(14-20)26(27,28)29)17-24-31-23(18-36-24)25(34)30-12-13-32(2)3/h5-11,14,18H,4,12-13,15-17H2,1-3H3,(H,30,34). The van der Waals surface area contributed by atoms with Crippen LogP contribution < -0.4 is 10.1 Å². The molecule has 0 aliphatic heterocycles. The summed E-state index contributed by atoms with van der Waals surface area (Å²) in [4.78, 5) is 20.5. The SMILES string of the molecule is CCOc1ccc(CN(Cc2cccc(C(F)(F)F)c2)Cc2nc(C(=O)NCCN(C)C)co2)cc1. The number of likely N-dealkylation sites (N-methyl/N-ethyl adjacent to an activating group) is 1. The van der Waals surface area contributed by atoms with Crippen LogP contribution in [0.15, 0.2) is 59.2 Å². The summed E-state index contributed by atoms with van der Waals surface area (Å²) in [6.07, 6.45) is -3.13. The third-order valence-corrected chi connectivity index (χ3v) is 5.29. The molecular weight excluding hydrogens is 473 g/mol.